The number of rotatable bonds is 2. The van der Waals surface area contributed by atoms with E-state index in [-0.39, 0.29) is 5.91 Å². The number of halogens is 1. The second-order valence-corrected chi connectivity index (χ2v) is 7.38. The molecule has 1 radical (unpaired) electrons. The Morgan fingerprint density at radius 1 is 1.37 bits per heavy atom. The predicted octanol–water partition coefficient (Wildman–Crippen LogP) is 2.64. The minimum atomic E-state index is -0.474. The fourth-order valence-corrected chi connectivity index (χ4v) is 4.14. The van der Waals surface area contributed by atoms with Gasteiger partial charge in [0.05, 0.1) is 16.9 Å². The lowest BCUT2D eigenvalue weighted by Gasteiger charge is -2.26. The van der Waals surface area contributed by atoms with E-state index in [0.717, 1.165) is 18.5 Å². The highest BCUT2D eigenvalue weighted by Crippen LogP contribution is 2.41. The van der Waals surface area contributed by atoms with Crippen LogP contribution in [-0.2, 0) is 10.3 Å². The van der Waals surface area contributed by atoms with Crippen LogP contribution < -0.4 is 4.90 Å². The fourth-order valence-electron chi connectivity index (χ4n) is 3.89. The van der Waals surface area contributed by atoms with Gasteiger partial charge in [0, 0.05) is 19.7 Å². The molecule has 0 aliphatic carbocycles. The number of fused-ring (bicyclic) bond motifs is 3. The first-order valence-electron chi connectivity index (χ1n) is 8.71. The molecule has 2 aromatic rings. The highest BCUT2D eigenvalue weighted by atomic mass is 35.5. The Hall–Kier alpha value is -2.55. The number of carbonyl (C=O) groups excluding carboxylic acids is 1. The molecule has 137 valence electrons. The number of benzene rings is 1. The number of ether oxygens (including phenoxy) is 1. The number of amides is 1. The summed E-state index contributed by atoms with van der Waals surface area (Å²) in [7, 11) is 1.70. The van der Waals surface area contributed by atoms with E-state index >= 15 is 0 Å². The van der Waals surface area contributed by atoms with Crippen LogP contribution in [0, 0.1) is 0 Å². The molecule has 1 unspecified atom stereocenters. The van der Waals surface area contributed by atoms with E-state index in [9.17, 15) is 4.79 Å². The summed E-state index contributed by atoms with van der Waals surface area (Å²) in [5, 5.41) is 8.73. The highest BCUT2D eigenvalue weighted by Gasteiger charge is 2.49. The summed E-state index contributed by atoms with van der Waals surface area (Å²) in [4.78, 5) is 20.9. The van der Waals surface area contributed by atoms with Crippen molar-refractivity contribution in [3.63, 3.8) is 0 Å². The molecular weight excluding hydrogens is 368 g/mol. The second-order valence-electron chi connectivity index (χ2n) is 6.97. The van der Waals surface area contributed by atoms with E-state index in [4.69, 9.17) is 16.3 Å². The molecular formula is C18H17ClN6O2+. The molecule has 4 heterocycles. The minimum absolute atomic E-state index is 0.185. The van der Waals surface area contributed by atoms with E-state index in [1.54, 1.807) is 35.2 Å². The Balaban J connectivity index is 1.69. The maximum atomic E-state index is 13.0. The maximum absolute atomic E-state index is 13.0. The molecule has 1 aromatic heterocycles. The first-order valence-corrected chi connectivity index (χ1v) is 9.09. The van der Waals surface area contributed by atoms with Crippen molar-refractivity contribution >= 4 is 35.4 Å². The van der Waals surface area contributed by atoms with Crippen molar-refractivity contribution in [2.45, 2.75) is 25.4 Å². The van der Waals surface area contributed by atoms with Gasteiger partial charge < -0.3 is 4.74 Å². The first-order chi connectivity index (χ1) is 13.0. The van der Waals surface area contributed by atoms with Gasteiger partial charge in [0.25, 0.3) is 12.2 Å². The SMILES string of the molecule is CN1C(=O)c2c(Cl)cccc2[N+]2C=NC(n3nncc3C3(C)CCCO3)=C12. The van der Waals surface area contributed by atoms with Gasteiger partial charge in [0.1, 0.15) is 11.2 Å². The summed E-state index contributed by atoms with van der Waals surface area (Å²) in [6.45, 7) is 2.73. The molecule has 0 bridgehead atoms. The third-order valence-electron chi connectivity index (χ3n) is 5.32. The molecule has 1 amide bonds. The molecule has 0 saturated carbocycles. The smallest absolute Gasteiger partial charge is 0.318 e. The van der Waals surface area contributed by atoms with E-state index in [0.29, 0.717) is 34.5 Å². The lowest BCUT2D eigenvalue weighted by molar-refractivity contribution is 0.0114. The number of hydrogen-bond acceptors (Lipinski definition) is 6. The predicted molar refractivity (Wildman–Crippen MR) is 99.6 cm³/mol. The number of aromatic nitrogens is 3. The van der Waals surface area contributed by atoms with Gasteiger partial charge in [0.15, 0.2) is 0 Å². The minimum Gasteiger partial charge on any atom is -0.369 e. The van der Waals surface area contributed by atoms with Gasteiger partial charge in [0.2, 0.25) is 11.5 Å². The molecule has 3 aliphatic heterocycles. The first kappa shape index (κ1) is 16.6. The number of nitrogens with zero attached hydrogens (tertiary/aromatic N) is 6. The maximum Gasteiger partial charge on any atom is 0.318 e. The van der Waals surface area contributed by atoms with Crippen molar-refractivity contribution in [2.24, 2.45) is 4.99 Å². The van der Waals surface area contributed by atoms with Crippen molar-refractivity contribution in [3.05, 3.63) is 46.5 Å². The van der Waals surface area contributed by atoms with Crippen LogP contribution in [0.15, 0.2) is 35.2 Å². The Morgan fingerprint density at radius 3 is 3.00 bits per heavy atom. The topological polar surface area (TPSA) is 78.5 Å². The van der Waals surface area contributed by atoms with Crippen molar-refractivity contribution in [2.75, 3.05) is 13.7 Å². The summed E-state index contributed by atoms with van der Waals surface area (Å²) in [5.41, 5.74) is 1.50. The average Bonchev–Trinajstić information content (AvgIpc) is 3.38. The van der Waals surface area contributed by atoms with Gasteiger partial charge in [-0.1, -0.05) is 22.9 Å². The number of aliphatic imine (C=N–C) groups is 1. The number of hydrogen-bond donors (Lipinski definition) is 0. The largest absolute Gasteiger partial charge is 0.369 e. The Morgan fingerprint density at radius 2 is 2.22 bits per heavy atom. The standard InChI is InChI=1S/C18H17ClN6O2/c1-18(7-4-8-27-18)13-9-21-22-25(13)15-16-23(2)17(26)14-11(19)5-3-6-12(14)24(16)10-20-15/h3,5-6,9-10H,4,7-8H2,1-2H3/q+1. The van der Waals surface area contributed by atoms with Gasteiger partial charge in [-0.05, 0) is 30.7 Å². The van der Waals surface area contributed by atoms with Crippen molar-refractivity contribution < 1.29 is 9.53 Å². The molecule has 1 saturated heterocycles. The zero-order valence-corrected chi connectivity index (χ0v) is 15.6. The summed E-state index contributed by atoms with van der Waals surface area (Å²) in [6, 6.07) is 5.38. The molecule has 3 aliphatic rings. The van der Waals surface area contributed by atoms with Crippen LogP contribution in [0.3, 0.4) is 0 Å². The van der Waals surface area contributed by atoms with E-state index in [2.05, 4.69) is 15.3 Å². The van der Waals surface area contributed by atoms with Crippen LogP contribution in [0.5, 0.6) is 0 Å². The van der Waals surface area contributed by atoms with Gasteiger partial charge in [-0.25, -0.2) is 0 Å². The zero-order valence-electron chi connectivity index (χ0n) is 14.9. The van der Waals surface area contributed by atoms with Gasteiger partial charge >= 0.3 is 5.82 Å². The highest BCUT2D eigenvalue weighted by molar-refractivity contribution is 6.35. The van der Waals surface area contributed by atoms with E-state index in [1.165, 1.54) is 0 Å². The molecule has 0 N–H and O–H groups in total. The number of anilines is 1. The quantitative estimate of drug-likeness (QED) is 0.745. The molecule has 1 aromatic carbocycles. The summed E-state index contributed by atoms with van der Waals surface area (Å²) >= 11 is 6.28. The lowest BCUT2D eigenvalue weighted by atomic mass is 9.99. The second kappa shape index (κ2) is 5.72. The van der Waals surface area contributed by atoms with Crippen LogP contribution >= 0.6 is 11.6 Å². The summed E-state index contributed by atoms with van der Waals surface area (Å²) in [5.74, 6) is 0.957. The van der Waals surface area contributed by atoms with Crippen LogP contribution in [0.2, 0.25) is 5.02 Å². The van der Waals surface area contributed by atoms with Crippen LogP contribution in [0.25, 0.3) is 5.82 Å². The Labute approximate surface area is 160 Å². The van der Waals surface area contributed by atoms with E-state index in [1.807, 2.05) is 24.0 Å². The average molecular weight is 385 g/mol. The normalized spacial score (nSPS) is 24.7. The van der Waals surface area contributed by atoms with Gasteiger partial charge in [-0.2, -0.15) is 9.67 Å². The van der Waals surface area contributed by atoms with Crippen molar-refractivity contribution in [1.29, 1.82) is 0 Å². The van der Waals surface area contributed by atoms with Gasteiger partial charge in [-0.15, -0.1) is 5.10 Å². The van der Waals surface area contributed by atoms with Crippen LogP contribution in [0.4, 0.5) is 5.69 Å². The molecule has 8 nitrogen and oxygen atoms in total. The number of carbonyl (C=O) groups is 1. The molecule has 1 atom stereocenters. The summed E-state index contributed by atoms with van der Waals surface area (Å²) in [6.07, 6.45) is 5.23. The molecule has 5 rings (SSSR count). The fraction of sp³-hybridized carbons (Fsp3) is 0.333. The van der Waals surface area contributed by atoms with Crippen LogP contribution in [0.1, 0.15) is 35.8 Å². The lowest BCUT2D eigenvalue weighted by Crippen LogP contribution is -2.42. The molecule has 0 spiro atoms. The molecule has 1 fully saturated rings. The monoisotopic (exact) mass is 384 g/mol. The third kappa shape index (κ3) is 2.24. The summed E-state index contributed by atoms with van der Waals surface area (Å²) < 4.78 is 7.62. The van der Waals surface area contributed by atoms with Crippen molar-refractivity contribution in [1.82, 2.24) is 24.8 Å². The Bertz CT molecular complexity index is 1020. The zero-order chi connectivity index (χ0) is 18.8. The van der Waals surface area contributed by atoms with Gasteiger partial charge in [-0.3, -0.25) is 9.69 Å². The third-order valence-corrected chi connectivity index (χ3v) is 5.64. The Kier molecular flexibility index (Phi) is 3.52. The molecule has 27 heavy (non-hydrogen) atoms. The molecule has 9 heteroatoms. The van der Waals surface area contributed by atoms with E-state index < -0.39 is 5.60 Å². The van der Waals surface area contributed by atoms with Crippen LogP contribution in [-0.4, -0.2) is 45.8 Å². The van der Waals surface area contributed by atoms with Crippen molar-refractivity contribution in [3.8, 4) is 0 Å².